The monoisotopic (exact) mass is 335 g/mol. The summed E-state index contributed by atoms with van der Waals surface area (Å²) in [6.45, 7) is 0. The first kappa shape index (κ1) is 15.1. The van der Waals surface area contributed by atoms with Crippen LogP contribution in [0.2, 0.25) is 0 Å². The van der Waals surface area contributed by atoms with Crippen LogP contribution in [0.1, 0.15) is 11.5 Å². The fourth-order valence-corrected chi connectivity index (χ4v) is 5.44. The van der Waals surface area contributed by atoms with Crippen molar-refractivity contribution in [1.29, 1.82) is 0 Å². The van der Waals surface area contributed by atoms with Crippen molar-refractivity contribution in [2.24, 2.45) is 11.7 Å². The zero-order valence-electron chi connectivity index (χ0n) is 11.5. The molecule has 0 unspecified atom stereocenters. The van der Waals surface area contributed by atoms with Gasteiger partial charge in [0, 0.05) is 11.8 Å². The van der Waals surface area contributed by atoms with Crippen LogP contribution >= 0.6 is 12.2 Å². The second-order valence-electron chi connectivity index (χ2n) is 5.33. The number of nitrogens with two attached hydrogens (primary N) is 1. The number of sulfone groups is 1. The van der Waals surface area contributed by atoms with Crippen molar-refractivity contribution >= 4 is 27.0 Å². The Kier molecular flexibility index (Phi) is 3.74. The molecular formula is C16H14FNO2S2. The maximum atomic E-state index is 13.4. The Morgan fingerprint density at radius 2 is 1.77 bits per heavy atom. The third-order valence-electron chi connectivity index (χ3n) is 3.95. The molecule has 0 saturated heterocycles. The van der Waals surface area contributed by atoms with E-state index in [1.54, 1.807) is 42.5 Å². The topological polar surface area (TPSA) is 60.2 Å². The maximum absolute atomic E-state index is 13.4. The van der Waals surface area contributed by atoms with Crippen LogP contribution in [0.3, 0.4) is 0 Å². The lowest BCUT2D eigenvalue weighted by molar-refractivity contribution is 0.593. The van der Waals surface area contributed by atoms with Gasteiger partial charge in [0.1, 0.15) is 5.82 Å². The summed E-state index contributed by atoms with van der Waals surface area (Å²) in [5.41, 5.74) is 6.32. The van der Waals surface area contributed by atoms with Gasteiger partial charge in [-0.05, 0) is 29.8 Å². The number of hydrogen-bond acceptors (Lipinski definition) is 3. The highest BCUT2D eigenvalue weighted by molar-refractivity contribution is 7.92. The molecule has 22 heavy (non-hydrogen) atoms. The van der Waals surface area contributed by atoms with Gasteiger partial charge in [0.2, 0.25) is 0 Å². The highest BCUT2D eigenvalue weighted by Crippen LogP contribution is 2.54. The molecule has 1 fully saturated rings. The van der Waals surface area contributed by atoms with Gasteiger partial charge in [-0.15, -0.1) is 0 Å². The average Bonchev–Trinajstić information content (AvgIpc) is 3.25. The van der Waals surface area contributed by atoms with Crippen LogP contribution in [0.15, 0.2) is 59.5 Å². The summed E-state index contributed by atoms with van der Waals surface area (Å²) in [4.78, 5) is 0.388. The molecule has 0 aromatic heterocycles. The van der Waals surface area contributed by atoms with Gasteiger partial charge in [0.25, 0.3) is 0 Å². The van der Waals surface area contributed by atoms with E-state index in [9.17, 15) is 12.8 Å². The predicted molar refractivity (Wildman–Crippen MR) is 86.8 cm³/mol. The quantitative estimate of drug-likeness (QED) is 0.873. The molecule has 114 valence electrons. The predicted octanol–water partition coefficient (Wildman–Crippen LogP) is 2.67. The molecule has 2 N–H and O–H groups in total. The van der Waals surface area contributed by atoms with E-state index in [4.69, 9.17) is 18.0 Å². The Balaban J connectivity index is 2.01. The normalized spacial score (nSPS) is 24.0. The summed E-state index contributed by atoms with van der Waals surface area (Å²) in [5, 5.41) is -0.728. The largest absolute Gasteiger partial charge is 0.393 e. The number of benzene rings is 2. The average molecular weight is 335 g/mol. The van der Waals surface area contributed by atoms with E-state index >= 15 is 0 Å². The third kappa shape index (κ3) is 2.53. The third-order valence-corrected chi connectivity index (χ3v) is 6.45. The summed E-state index contributed by atoms with van der Waals surface area (Å²) in [6.07, 6.45) is 0. The summed E-state index contributed by atoms with van der Waals surface area (Å²) < 4.78 is 39.0. The van der Waals surface area contributed by atoms with Crippen LogP contribution in [-0.2, 0) is 9.84 Å². The summed E-state index contributed by atoms with van der Waals surface area (Å²) in [6, 6.07) is 14.1. The second-order valence-corrected chi connectivity index (χ2v) is 7.91. The summed E-state index contributed by atoms with van der Waals surface area (Å²) in [7, 11) is -3.56. The molecular weight excluding hydrogens is 321 g/mol. The van der Waals surface area contributed by atoms with Crippen LogP contribution in [-0.4, -0.2) is 18.7 Å². The molecule has 0 heterocycles. The smallest absolute Gasteiger partial charge is 0.182 e. The van der Waals surface area contributed by atoms with Gasteiger partial charge in [0.05, 0.1) is 15.1 Å². The van der Waals surface area contributed by atoms with Crippen LogP contribution < -0.4 is 5.73 Å². The first-order chi connectivity index (χ1) is 10.4. The van der Waals surface area contributed by atoms with Gasteiger partial charge in [0.15, 0.2) is 9.84 Å². The lowest BCUT2D eigenvalue weighted by Crippen LogP contribution is -2.17. The standard InChI is InChI=1S/C16H14FNO2S2/c17-11-6-4-5-10(9-11)13-14(16(18)21)15(13)22(19,20)12-7-2-1-3-8-12/h1-9,13-15H,(H2,18,21)/t13-,14+,15-/m0/s1. The Labute approximate surface area is 133 Å². The molecule has 0 spiro atoms. The summed E-state index contributed by atoms with van der Waals surface area (Å²) in [5.74, 6) is -1.25. The number of thiocarbonyl (C=S) groups is 1. The zero-order chi connectivity index (χ0) is 15.9. The first-order valence-corrected chi connectivity index (χ1v) is 8.72. The molecule has 3 rings (SSSR count). The maximum Gasteiger partial charge on any atom is 0.182 e. The fourth-order valence-electron chi connectivity index (χ4n) is 2.89. The van der Waals surface area contributed by atoms with Crippen LogP contribution in [0.25, 0.3) is 0 Å². The van der Waals surface area contributed by atoms with E-state index in [-0.39, 0.29) is 9.88 Å². The molecule has 2 aromatic rings. The Morgan fingerprint density at radius 1 is 1.09 bits per heavy atom. The van der Waals surface area contributed by atoms with E-state index in [1.165, 1.54) is 12.1 Å². The number of hydrogen-bond donors (Lipinski definition) is 1. The van der Waals surface area contributed by atoms with Gasteiger partial charge in [-0.1, -0.05) is 42.5 Å². The lowest BCUT2D eigenvalue weighted by Gasteiger charge is -2.04. The van der Waals surface area contributed by atoms with Crippen molar-refractivity contribution in [1.82, 2.24) is 0 Å². The molecule has 3 nitrogen and oxygen atoms in total. The molecule has 6 heteroatoms. The first-order valence-electron chi connectivity index (χ1n) is 6.76. The molecule has 0 radical (unpaired) electrons. The summed E-state index contributed by atoms with van der Waals surface area (Å²) >= 11 is 5.01. The molecule has 1 aliphatic carbocycles. The number of halogens is 1. The van der Waals surface area contributed by atoms with Crippen molar-refractivity contribution in [3.05, 3.63) is 66.0 Å². The highest BCUT2D eigenvalue weighted by Gasteiger charge is 2.60. The Hall–Kier alpha value is -1.79. The van der Waals surface area contributed by atoms with Gasteiger partial charge in [-0.25, -0.2) is 12.8 Å². The zero-order valence-corrected chi connectivity index (χ0v) is 13.1. The Morgan fingerprint density at radius 3 is 2.36 bits per heavy atom. The Bertz CT molecular complexity index is 821. The van der Waals surface area contributed by atoms with Gasteiger partial charge < -0.3 is 5.73 Å². The van der Waals surface area contributed by atoms with Crippen molar-refractivity contribution in [2.45, 2.75) is 16.1 Å². The molecule has 1 aliphatic rings. The van der Waals surface area contributed by atoms with Gasteiger partial charge in [-0.3, -0.25) is 0 Å². The van der Waals surface area contributed by atoms with Crippen molar-refractivity contribution < 1.29 is 12.8 Å². The van der Waals surface area contributed by atoms with E-state index in [1.807, 2.05) is 0 Å². The van der Waals surface area contributed by atoms with Gasteiger partial charge in [-0.2, -0.15) is 0 Å². The molecule has 0 amide bonds. The SMILES string of the molecule is NC(=S)[C@@H]1[C@H](c2cccc(F)c2)[C@@H]1S(=O)(=O)c1ccccc1. The van der Waals surface area contributed by atoms with E-state index in [0.29, 0.717) is 5.56 Å². The molecule has 3 atom stereocenters. The minimum absolute atomic E-state index is 0.152. The molecule has 2 aromatic carbocycles. The lowest BCUT2D eigenvalue weighted by atomic mass is 10.1. The highest BCUT2D eigenvalue weighted by atomic mass is 32.2. The van der Waals surface area contributed by atoms with Gasteiger partial charge >= 0.3 is 0 Å². The molecule has 0 bridgehead atoms. The van der Waals surface area contributed by atoms with E-state index in [2.05, 4.69) is 0 Å². The minimum atomic E-state index is -3.56. The van der Waals surface area contributed by atoms with Crippen molar-refractivity contribution in [3.63, 3.8) is 0 Å². The molecule has 0 aliphatic heterocycles. The van der Waals surface area contributed by atoms with Crippen molar-refractivity contribution in [3.8, 4) is 0 Å². The van der Waals surface area contributed by atoms with E-state index < -0.39 is 32.7 Å². The van der Waals surface area contributed by atoms with Crippen LogP contribution in [0.4, 0.5) is 4.39 Å². The fraction of sp³-hybridized carbons (Fsp3) is 0.188. The minimum Gasteiger partial charge on any atom is -0.393 e. The van der Waals surface area contributed by atoms with Crippen LogP contribution in [0.5, 0.6) is 0 Å². The van der Waals surface area contributed by atoms with Crippen LogP contribution in [0, 0.1) is 11.7 Å². The second kappa shape index (κ2) is 5.44. The van der Waals surface area contributed by atoms with E-state index in [0.717, 1.165) is 0 Å². The number of rotatable bonds is 4. The molecule has 1 saturated carbocycles. The van der Waals surface area contributed by atoms with Crippen molar-refractivity contribution in [2.75, 3.05) is 0 Å².